The second-order valence-electron chi connectivity index (χ2n) is 5.47. The Labute approximate surface area is 133 Å². The molecule has 1 heterocycles. The molecule has 1 aliphatic heterocycles. The summed E-state index contributed by atoms with van der Waals surface area (Å²) in [6, 6.07) is 5.27. The van der Waals surface area contributed by atoms with E-state index in [1.54, 1.807) is 18.2 Å². The first-order valence-electron chi connectivity index (χ1n) is 6.92. The number of isocyanates is 1. The summed E-state index contributed by atoms with van der Waals surface area (Å²) in [5, 5.41) is 1.08. The summed E-state index contributed by atoms with van der Waals surface area (Å²) in [5.74, 6) is -0.513. The molecule has 1 saturated carbocycles. The second kappa shape index (κ2) is 5.71. The first-order valence-corrected chi connectivity index (χ1v) is 7.67. The molecule has 0 bridgehead atoms. The van der Waals surface area contributed by atoms with E-state index in [4.69, 9.17) is 32.7 Å². The quantitative estimate of drug-likeness (QED) is 0.612. The molecular formula is C15H15Cl2NO3. The monoisotopic (exact) mass is 327 g/mol. The molecule has 1 spiro atoms. The molecule has 0 radical (unpaired) electrons. The maximum absolute atomic E-state index is 10.9. The summed E-state index contributed by atoms with van der Waals surface area (Å²) < 4.78 is 11.4. The highest BCUT2D eigenvalue weighted by Gasteiger charge is 2.47. The molecule has 2 aliphatic rings. The summed E-state index contributed by atoms with van der Waals surface area (Å²) in [6.45, 7) is 1.23. The van der Waals surface area contributed by atoms with Crippen LogP contribution in [0, 0.1) is 0 Å². The van der Waals surface area contributed by atoms with Crippen molar-refractivity contribution in [2.45, 2.75) is 37.0 Å². The zero-order valence-electron chi connectivity index (χ0n) is 11.4. The fourth-order valence-electron chi connectivity index (χ4n) is 3.23. The van der Waals surface area contributed by atoms with Crippen LogP contribution in [0.3, 0.4) is 0 Å². The van der Waals surface area contributed by atoms with E-state index in [0.29, 0.717) is 48.9 Å². The van der Waals surface area contributed by atoms with Gasteiger partial charge in [0, 0.05) is 22.9 Å². The molecule has 0 amide bonds. The minimum Gasteiger partial charge on any atom is -0.348 e. The summed E-state index contributed by atoms with van der Waals surface area (Å²) in [7, 11) is 0. The molecule has 6 heteroatoms. The standard InChI is InChI=1S/C15H15Cl2NO3/c16-11-1-2-12(13(17)9-11)14(18-10-19)3-5-15(6-4-14)20-7-8-21-15/h1-2,9H,3-8H2. The normalized spacial score (nSPS) is 23.0. The Balaban J connectivity index is 1.93. The lowest BCUT2D eigenvalue weighted by molar-refractivity contribution is -0.184. The van der Waals surface area contributed by atoms with E-state index in [-0.39, 0.29) is 0 Å². The fourth-order valence-corrected chi connectivity index (χ4v) is 3.81. The lowest BCUT2D eigenvalue weighted by Gasteiger charge is -2.41. The molecule has 0 atom stereocenters. The molecule has 0 aromatic heterocycles. The van der Waals surface area contributed by atoms with Gasteiger partial charge in [-0.1, -0.05) is 29.3 Å². The zero-order chi connectivity index (χ0) is 14.9. The lowest BCUT2D eigenvalue weighted by atomic mass is 9.74. The largest absolute Gasteiger partial charge is 0.348 e. The second-order valence-corrected chi connectivity index (χ2v) is 6.31. The van der Waals surface area contributed by atoms with Gasteiger partial charge < -0.3 is 9.47 Å². The Kier molecular flexibility index (Phi) is 4.08. The van der Waals surface area contributed by atoms with E-state index < -0.39 is 11.3 Å². The molecule has 1 aromatic carbocycles. The molecule has 1 saturated heterocycles. The van der Waals surface area contributed by atoms with Crippen molar-refractivity contribution in [2.24, 2.45) is 4.99 Å². The topological polar surface area (TPSA) is 47.9 Å². The van der Waals surface area contributed by atoms with Crippen LogP contribution in [0.5, 0.6) is 0 Å². The van der Waals surface area contributed by atoms with Gasteiger partial charge >= 0.3 is 0 Å². The van der Waals surface area contributed by atoms with Crippen LogP contribution in [-0.4, -0.2) is 25.1 Å². The van der Waals surface area contributed by atoms with E-state index in [9.17, 15) is 4.79 Å². The fraction of sp³-hybridized carbons (Fsp3) is 0.533. The van der Waals surface area contributed by atoms with Crippen LogP contribution in [0.2, 0.25) is 10.0 Å². The van der Waals surface area contributed by atoms with E-state index in [1.165, 1.54) is 0 Å². The van der Waals surface area contributed by atoms with Gasteiger partial charge in [-0.2, -0.15) is 4.99 Å². The first-order chi connectivity index (χ1) is 10.1. The predicted molar refractivity (Wildman–Crippen MR) is 79.4 cm³/mol. The number of carbonyl (C=O) groups excluding carboxylic acids is 1. The summed E-state index contributed by atoms with van der Waals surface area (Å²) >= 11 is 12.2. The average molecular weight is 328 g/mol. The number of halogens is 2. The van der Waals surface area contributed by atoms with Crippen LogP contribution >= 0.6 is 23.2 Å². The van der Waals surface area contributed by atoms with Crippen LogP contribution in [0.25, 0.3) is 0 Å². The predicted octanol–water partition coefficient (Wildman–Crippen LogP) is 3.84. The van der Waals surface area contributed by atoms with Gasteiger partial charge in [-0.15, -0.1) is 0 Å². The summed E-state index contributed by atoms with van der Waals surface area (Å²) in [6.07, 6.45) is 4.31. The third-order valence-corrected chi connectivity index (χ3v) is 4.89. The van der Waals surface area contributed by atoms with Crippen LogP contribution in [0.1, 0.15) is 31.2 Å². The Morgan fingerprint density at radius 1 is 1.10 bits per heavy atom. The van der Waals surface area contributed by atoms with Crippen LogP contribution in [-0.2, 0) is 19.8 Å². The van der Waals surface area contributed by atoms with E-state index in [0.717, 1.165) is 5.56 Å². The lowest BCUT2D eigenvalue weighted by Crippen LogP contribution is -2.41. The van der Waals surface area contributed by atoms with Gasteiger partial charge in [0.15, 0.2) is 5.79 Å². The molecular weight excluding hydrogens is 313 g/mol. The number of nitrogens with zero attached hydrogens (tertiary/aromatic N) is 1. The molecule has 21 heavy (non-hydrogen) atoms. The minimum absolute atomic E-state index is 0.513. The number of ether oxygens (including phenoxy) is 2. The molecule has 0 N–H and O–H groups in total. The van der Waals surface area contributed by atoms with Crippen molar-refractivity contribution in [1.29, 1.82) is 0 Å². The Morgan fingerprint density at radius 2 is 1.76 bits per heavy atom. The molecule has 3 rings (SSSR count). The maximum Gasteiger partial charge on any atom is 0.235 e. The number of aliphatic imine (C=N–C) groups is 1. The molecule has 4 nitrogen and oxygen atoms in total. The zero-order valence-corrected chi connectivity index (χ0v) is 12.9. The van der Waals surface area contributed by atoms with Crippen LogP contribution in [0.4, 0.5) is 0 Å². The number of benzene rings is 1. The van der Waals surface area contributed by atoms with Crippen molar-refractivity contribution in [3.63, 3.8) is 0 Å². The highest BCUT2D eigenvalue weighted by Crippen LogP contribution is 2.48. The third-order valence-electron chi connectivity index (χ3n) is 4.34. The van der Waals surface area contributed by atoms with Gasteiger partial charge in [0.25, 0.3) is 0 Å². The highest BCUT2D eigenvalue weighted by atomic mass is 35.5. The number of rotatable bonds is 2. The molecule has 112 valence electrons. The van der Waals surface area contributed by atoms with E-state index >= 15 is 0 Å². The highest BCUT2D eigenvalue weighted by molar-refractivity contribution is 6.35. The average Bonchev–Trinajstić information content (AvgIpc) is 2.91. The number of hydrogen-bond donors (Lipinski definition) is 0. The number of hydrogen-bond acceptors (Lipinski definition) is 4. The molecule has 1 aromatic rings. The van der Waals surface area contributed by atoms with E-state index in [2.05, 4.69) is 4.99 Å². The van der Waals surface area contributed by atoms with Crippen molar-refractivity contribution in [3.05, 3.63) is 33.8 Å². The molecule has 2 fully saturated rings. The maximum atomic E-state index is 10.9. The van der Waals surface area contributed by atoms with Crippen LogP contribution in [0.15, 0.2) is 23.2 Å². The Morgan fingerprint density at radius 3 is 2.33 bits per heavy atom. The third kappa shape index (κ3) is 2.75. The van der Waals surface area contributed by atoms with Gasteiger partial charge in [-0.3, -0.25) is 0 Å². The van der Waals surface area contributed by atoms with Crippen LogP contribution < -0.4 is 0 Å². The Hall–Kier alpha value is -0.900. The summed E-state index contributed by atoms with van der Waals surface area (Å²) in [4.78, 5) is 15.0. The molecule has 0 unspecified atom stereocenters. The smallest absolute Gasteiger partial charge is 0.235 e. The van der Waals surface area contributed by atoms with Gasteiger partial charge in [-0.25, -0.2) is 4.79 Å². The van der Waals surface area contributed by atoms with Crippen molar-refractivity contribution in [3.8, 4) is 0 Å². The Bertz CT molecular complexity index is 583. The van der Waals surface area contributed by atoms with Crippen molar-refractivity contribution in [1.82, 2.24) is 0 Å². The van der Waals surface area contributed by atoms with Crippen molar-refractivity contribution >= 4 is 29.3 Å². The minimum atomic E-state index is -0.663. The van der Waals surface area contributed by atoms with Gasteiger partial charge in [0.1, 0.15) is 5.54 Å². The van der Waals surface area contributed by atoms with Gasteiger partial charge in [0.05, 0.1) is 13.2 Å². The molecule has 1 aliphatic carbocycles. The van der Waals surface area contributed by atoms with Gasteiger partial charge in [0.2, 0.25) is 6.08 Å². The summed E-state index contributed by atoms with van der Waals surface area (Å²) in [5.41, 5.74) is 0.147. The van der Waals surface area contributed by atoms with Crippen molar-refractivity contribution < 1.29 is 14.3 Å². The first kappa shape index (κ1) is 15.0. The van der Waals surface area contributed by atoms with Crippen molar-refractivity contribution in [2.75, 3.05) is 13.2 Å². The SMILES string of the molecule is O=C=NC1(c2ccc(Cl)cc2Cl)CCC2(CC1)OCCO2. The van der Waals surface area contributed by atoms with E-state index in [1.807, 2.05) is 6.07 Å². The van der Waals surface area contributed by atoms with Gasteiger partial charge in [-0.05, 0) is 30.5 Å².